The molecule has 0 radical (unpaired) electrons. The van der Waals surface area contributed by atoms with E-state index in [1.54, 1.807) is 0 Å². The van der Waals surface area contributed by atoms with Crippen LogP contribution in [0.2, 0.25) is 5.02 Å². The molecule has 1 aromatic carbocycles. The first kappa shape index (κ1) is 13.7. The van der Waals surface area contributed by atoms with Crippen LogP contribution < -0.4 is 4.74 Å². The Morgan fingerprint density at radius 2 is 2.11 bits per heavy atom. The quantitative estimate of drug-likeness (QED) is 0.839. The molecule has 1 atom stereocenters. The zero-order valence-corrected chi connectivity index (χ0v) is 11.7. The third kappa shape index (κ3) is 3.87. The molecule has 0 saturated carbocycles. The first-order chi connectivity index (χ1) is 8.65. The second kappa shape index (κ2) is 6.41. The highest BCUT2D eigenvalue weighted by molar-refractivity contribution is 6.30. The first-order valence-electron chi connectivity index (χ1n) is 6.39. The number of morpholine rings is 1. The van der Waals surface area contributed by atoms with Gasteiger partial charge in [0.05, 0.1) is 6.61 Å². The van der Waals surface area contributed by atoms with E-state index in [1.807, 2.05) is 24.3 Å². The zero-order chi connectivity index (χ0) is 13.0. The van der Waals surface area contributed by atoms with Crippen molar-refractivity contribution in [2.75, 3.05) is 26.3 Å². The fourth-order valence-electron chi connectivity index (χ4n) is 2.03. The minimum atomic E-state index is 0.150. The summed E-state index contributed by atoms with van der Waals surface area (Å²) in [5.74, 6) is 0.838. The number of hydrogen-bond acceptors (Lipinski definition) is 3. The smallest absolute Gasteiger partial charge is 0.119 e. The van der Waals surface area contributed by atoms with Crippen LogP contribution >= 0.6 is 11.6 Å². The van der Waals surface area contributed by atoms with Crippen molar-refractivity contribution in [3.63, 3.8) is 0 Å². The van der Waals surface area contributed by atoms with Crippen LogP contribution in [0.15, 0.2) is 24.3 Å². The van der Waals surface area contributed by atoms with E-state index < -0.39 is 0 Å². The number of nitrogens with zero attached hydrogens (tertiary/aromatic N) is 1. The lowest BCUT2D eigenvalue weighted by Gasteiger charge is -2.35. The fraction of sp³-hybridized carbons (Fsp3) is 0.571. The van der Waals surface area contributed by atoms with Crippen LogP contribution in [0.1, 0.15) is 13.8 Å². The van der Waals surface area contributed by atoms with Gasteiger partial charge in [-0.1, -0.05) is 11.6 Å². The second-order valence-corrected chi connectivity index (χ2v) is 5.28. The minimum absolute atomic E-state index is 0.150. The van der Waals surface area contributed by atoms with Crippen LogP contribution in [0.3, 0.4) is 0 Å². The normalized spacial score (nSPS) is 21.2. The average molecular weight is 270 g/mol. The Balaban J connectivity index is 1.81. The molecular formula is C14H20ClNO2. The molecule has 0 spiro atoms. The van der Waals surface area contributed by atoms with Crippen LogP contribution in [0, 0.1) is 0 Å². The molecule has 0 amide bonds. The van der Waals surface area contributed by atoms with Gasteiger partial charge in [0.1, 0.15) is 18.5 Å². The molecule has 1 saturated heterocycles. The Bertz CT molecular complexity index is 367. The molecule has 3 nitrogen and oxygen atoms in total. The largest absolute Gasteiger partial charge is 0.491 e. The van der Waals surface area contributed by atoms with Crippen molar-refractivity contribution in [3.05, 3.63) is 29.3 Å². The summed E-state index contributed by atoms with van der Waals surface area (Å²) in [6, 6.07) is 7.99. The standard InChI is InChI=1S/C14H20ClNO2/c1-11(2)16-7-8-17-14(9-16)10-18-13-5-3-12(15)4-6-13/h3-6,11,14H,7-10H2,1-2H3. The first-order valence-corrected chi connectivity index (χ1v) is 6.77. The fourth-order valence-corrected chi connectivity index (χ4v) is 2.16. The number of rotatable bonds is 4. The Morgan fingerprint density at radius 3 is 2.78 bits per heavy atom. The summed E-state index contributed by atoms with van der Waals surface area (Å²) in [7, 11) is 0. The summed E-state index contributed by atoms with van der Waals surface area (Å²) in [4.78, 5) is 2.42. The van der Waals surface area contributed by atoms with Gasteiger partial charge in [-0.15, -0.1) is 0 Å². The topological polar surface area (TPSA) is 21.7 Å². The molecule has 1 fully saturated rings. The molecule has 0 aliphatic carbocycles. The summed E-state index contributed by atoms with van der Waals surface area (Å²) < 4.78 is 11.4. The van der Waals surface area contributed by atoms with E-state index in [0.29, 0.717) is 12.6 Å². The number of hydrogen-bond donors (Lipinski definition) is 0. The molecule has 1 aliphatic heterocycles. The molecule has 100 valence electrons. The van der Waals surface area contributed by atoms with Crippen LogP contribution in [0.25, 0.3) is 0 Å². The van der Waals surface area contributed by atoms with Gasteiger partial charge in [0, 0.05) is 24.2 Å². The number of ether oxygens (including phenoxy) is 2. The maximum Gasteiger partial charge on any atom is 0.119 e. The number of benzene rings is 1. The molecule has 0 N–H and O–H groups in total. The van der Waals surface area contributed by atoms with Crippen LogP contribution in [0.5, 0.6) is 5.75 Å². The molecule has 2 rings (SSSR count). The molecule has 0 bridgehead atoms. The molecule has 1 unspecified atom stereocenters. The Morgan fingerprint density at radius 1 is 1.39 bits per heavy atom. The molecule has 0 aromatic heterocycles. The van der Waals surface area contributed by atoms with Gasteiger partial charge in [-0.2, -0.15) is 0 Å². The van der Waals surface area contributed by atoms with Crippen molar-refractivity contribution >= 4 is 11.6 Å². The van der Waals surface area contributed by atoms with Crippen LogP contribution in [0.4, 0.5) is 0 Å². The minimum Gasteiger partial charge on any atom is -0.491 e. The van der Waals surface area contributed by atoms with E-state index in [2.05, 4.69) is 18.7 Å². The van der Waals surface area contributed by atoms with Crippen molar-refractivity contribution in [2.24, 2.45) is 0 Å². The van der Waals surface area contributed by atoms with Crippen molar-refractivity contribution < 1.29 is 9.47 Å². The molecule has 4 heteroatoms. The molecule has 1 heterocycles. The van der Waals surface area contributed by atoms with Crippen LogP contribution in [-0.4, -0.2) is 43.3 Å². The van der Waals surface area contributed by atoms with Gasteiger partial charge in [0.2, 0.25) is 0 Å². The van der Waals surface area contributed by atoms with Gasteiger partial charge in [0.15, 0.2) is 0 Å². The maximum atomic E-state index is 5.83. The van der Waals surface area contributed by atoms with E-state index in [-0.39, 0.29) is 6.10 Å². The highest BCUT2D eigenvalue weighted by Gasteiger charge is 2.22. The van der Waals surface area contributed by atoms with Gasteiger partial charge >= 0.3 is 0 Å². The summed E-state index contributed by atoms with van der Waals surface area (Å²) in [5.41, 5.74) is 0. The van der Waals surface area contributed by atoms with Gasteiger partial charge < -0.3 is 9.47 Å². The van der Waals surface area contributed by atoms with Crippen molar-refractivity contribution in [2.45, 2.75) is 26.0 Å². The number of halogens is 1. The Labute approximate surface area is 114 Å². The van der Waals surface area contributed by atoms with E-state index in [0.717, 1.165) is 30.5 Å². The lowest BCUT2D eigenvalue weighted by molar-refractivity contribution is -0.0564. The van der Waals surface area contributed by atoms with Crippen molar-refractivity contribution in [3.8, 4) is 5.75 Å². The second-order valence-electron chi connectivity index (χ2n) is 4.85. The van der Waals surface area contributed by atoms with Gasteiger partial charge in [-0.25, -0.2) is 0 Å². The van der Waals surface area contributed by atoms with E-state index in [4.69, 9.17) is 21.1 Å². The summed E-state index contributed by atoms with van der Waals surface area (Å²) in [6.45, 7) is 7.74. The summed E-state index contributed by atoms with van der Waals surface area (Å²) in [6.07, 6.45) is 0.150. The van der Waals surface area contributed by atoms with Gasteiger partial charge in [0.25, 0.3) is 0 Å². The molecule has 1 aromatic rings. The van der Waals surface area contributed by atoms with E-state index >= 15 is 0 Å². The van der Waals surface area contributed by atoms with Crippen LogP contribution in [-0.2, 0) is 4.74 Å². The van der Waals surface area contributed by atoms with Crippen molar-refractivity contribution in [1.29, 1.82) is 0 Å². The molecule has 1 aliphatic rings. The van der Waals surface area contributed by atoms with Gasteiger partial charge in [-0.05, 0) is 38.1 Å². The van der Waals surface area contributed by atoms with E-state index in [9.17, 15) is 0 Å². The zero-order valence-electron chi connectivity index (χ0n) is 10.9. The average Bonchev–Trinajstić information content (AvgIpc) is 2.38. The third-order valence-electron chi connectivity index (χ3n) is 3.15. The summed E-state index contributed by atoms with van der Waals surface area (Å²) >= 11 is 5.83. The monoisotopic (exact) mass is 269 g/mol. The third-order valence-corrected chi connectivity index (χ3v) is 3.40. The highest BCUT2D eigenvalue weighted by atomic mass is 35.5. The lowest BCUT2D eigenvalue weighted by Crippen LogP contribution is -2.47. The highest BCUT2D eigenvalue weighted by Crippen LogP contribution is 2.17. The lowest BCUT2D eigenvalue weighted by atomic mass is 10.2. The maximum absolute atomic E-state index is 5.83. The Hall–Kier alpha value is -0.770. The Kier molecular flexibility index (Phi) is 4.87. The van der Waals surface area contributed by atoms with E-state index in [1.165, 1.54) is 0 Å². The SMILES string of the molecule is CC(C)N1CCOC(COc2ccc(Cl)cc2)C1. The predicted octanol–water partition coefficient (Wildman–Crippen LogP) is 2.83. The molecule has 18 heavy (non-hydrogen) atoms. The predicted molar refractivity (Wildman–Crippen MR) is 73.4 cm³/mol. The summed E-state index contributed by atoms with van der Waals surface area (Å²) in [5, 5.41) is 0.724. The van der Waals surface area contributed by atoms with Crippen molar-refractivity contribution in [1.82, 2.24) is 4.90 Å². The van der Waals surface area contributed by atoms with Gasteiger partial charge in [-0.3, -0.25) is 4.90 Å². The molecular weight excluding hydrogens is 250 g/mol.